The molecular weight excluding hydrogens is 376 g/mol. The smallest absolute Gasteiger partial charge is 0.261 e. The van der Waals surface area contributed by atoms with Crippen LogP contribution in [0.2, 0.25) is 0 Å². The largest absolute Gasteiger partial charge is 0.492 e. The first-order chi connectivity index (χ1) is 9.95. The number of hydrogen-bond acceptors (Lipinski definition) is 3. The van der Waals surface area contributed by atoms with Crippen LogP contribution in [-0.4, -0.2) is 15.0 Å². The van der Waals surface area contributed by atoms with E-state index in [0.717, 1.165) is 6.42 Å². The molecule has 0 radical (unpaired) electrons. The topological polar surface area (TPSA) is 43.4 Å². The van der Waals surface area contributed by atoms with Crippen LogP contribution in [0.5, 0.6) is 5.75 Å². The maximum atomic E-state index is 11.3. The molecule has 1 atom stereocenters. The Kier molecular flexibility index (Phi) is 3.99. The zero-order valence-electron chi connectivity index (χ0n) is 10.9. The van der Waals surface area contributed by atoms with Gasteiger partial charge in [-0.1, -0.05) is 24.3 Å². The molecule has 0 aromatic heterocycles. The minimum atomic E-state index is -3.72. The minimum absolute atomic E-state index is 0.0531. The minimum Gasteiger partial charge on any atom is -0.492 e. The summed E-state index contributed by atoms with van der Waals surface area (Å²) in [5.41, 5.74) is 2.70. The molecule has 0 amide bonds. The summed E-state index contributed by atoms with van der Waals surface area (Å²) in [5.74, 6) is 1.01. The number of hydrogen-bond donors (Lipinski definition) is 0. The summed E-state index contributed by atoms with van der Waals surface area (Å²) in [4.78, 5) is 0.0531. The van der Waals surface area contributed by atoms with Crippen LogP contribution < -0.4 is 4.74 Å². The van der Waals surface area contributed by atoms with Crippen LogP contribution in [0.25, 0.3) is 0 Å². The van der Waals surface area contributed by atoms with Gasteiger partial charge in [0.25, 0.3) is 9.05 Å². The Morgan fingerprint density at radius 3 is 2.67 bits per heavy atom. The monoisotopic (exact) mass is 386 g/mol. The highest BCUT2D eigenvalue weighted by atomic mass is 79.9. The van der Waals surface area contributed by atoms with Gasteiger partial charge in [0.2, 0.25) is 0 Å². The standard InChI is InChI=1S/C15H12BrClO3S/c16-14-8-12(21(17,18)19)5-6-15(14)20-9-11-7-10-3-1-2-4-13(10)11/h1-6,8,11H,7,9H2. The molecule has 0 bridgehead atoms. The van der Waals surface area contributed by atoms with Crippen LogP contribution in [0.3, 0.4) is 0 Å². The Labute approximate surface area is 136 Å². The lowest BCUT2D eigenvalue weighted by Gasteiger charge is -2.30. The fourth-order valence-electron chi connectivity index (χ4n) is 2.45. The summed E-state index contributed by atoms with van der Waals surface area (Å²) in [6.07, 6.45) is 1.02. The second-order valence-corrected chi connectivity index (χ2v) is 8.36. The van der Waals surface area contributed by atoms with Crippen molar-refractivity contribution in [2.75, 3.05) is 6.61 Å². The Bertz CT molecular complexity index is 789. The molecule has 1 aliphatic rings. The SMILES string of the molecule is O=S(=O)(Cl)c1ccc(OCC2Cc3ccccc32)c(Br)c1. The molecule has 3 rings (SSSR count). The predicted molar refractivity (Wildman–Crippen MR) is 85.6 cm³/mol. The number of halogens is 2. The van der Waals surface area contributed by atoms with Crippen LogP contribution in [-0.2, 0) is 15.5 Å². The lowest BCUT2D eigenvalue weighted by atomic mass is 9.78. The maximum Gasteiger partial charge on any atom is 0.261 e. The third kappa shape index (κ3) is 3.10. The van der Waals surface area contributed by atoms with E-state index in [0.29, 0.717) is 22.7 Å². The molecule has 2 aromatic carbocycles. The van der Waals surface area contributed by atoms with Crippen molar-refractivity contribution in [2.24, 2.45) is 0 Å². The Morgan fingerprint density at radius 1 is 1.24 bits per heavy atom. The fourth-order valence-corrected chi connectivity index (χ4v) is 3.87. The average molecular weight is 388 g/mol. The van der Waals surface area contributed by atoms with E-state index < -0.39 is 9.05 Å². The molecule has 0 spiro atoms. The van der Waals surface area contributed by atoms with Gasteiger partial charge < -0.3 is 4.74 Å². The molecule has 1 unspecified atom stereocenters. The van der Waals surface area contributed by atoms with Crippen molar-refractivity contribution in [3.05, 3.63) is 58.1 Å². The Morgan fingerprint density at radius 2 is 2.00 bits per heavy atom. The molecule has 1 aliphatic carbocycles. The summed E-state index contributed by atoms with van der Waals surface area (Å²) in [5, 5.41) is 0. The molecule has 0 aliphatic heterocycles. The Hall–Kier alpha value is -1.04. The van der Waals surface area contributed by atoms with E-state index in [-0.39, 0.29) is 4.90 Å². The highest BCUT2D eigenvalue weighted by Gasteiger charge is 2.26. The highest BCUT2D eigenvalue weighted by molar-refractivity contribution is 9.10. The van der Waals surface area contributed by atoms with Crippen molar-refractivity contribution < 1.29 is 13.2 Å². The van der Waals surface area contributed by atoms with Gasteiger partial charge in [0.1, 0.15) is 5.75 Å². The third-order valence-corrected chi connectivity index (χ3v) is 5.56. The molecule has 0 saturated carbocycles. The predicted octanol–water partition coefficient (Wildman–Crippen LogP) is 4.10. The molecule has 3 nitrogen and oxygen atoms in total. The van der Waals surface area contributed by atoms with Crippen LogP contribution in [0, 0.1) is 0 Å². The van der Waals surface area contributed by atoms with Crippen molar-refractivity contribution in [1.29, 1.82) is 0 Å². The van der Waals surface area contributed by atoms with Crippen LogP contribution >= 0.6 is 26.6 Å². The second-order valence-electron chi connectivity index (χ2n) is 4.94. The normalized spacial score (nSPS) is 17.0. The van der Waals surface area contributed by atoms with Gasteiger partial charge in [0.05, 0.1) is 16.0 Å². The summed E-state index contributed by atoms with van der Waals surface area (Å²) in [7, 11) is 1.59. The summed E-state index contributed by atoms with van der Waals surface area (Å²) in [6, 6.07) is 12.8. The van der Waals surface area contributed by atoms with Crippen molar-refractivity contribution in [2.45, 2.75) is 17.2 Å². The van der Waals surface area contributed by atoms with Gasteiger partial charge in [-0.15, -0.1) is 0 Å². The zero-order valence-corrected chi connectivity index (χ0v) is 14.1. The number of fused-ring (bicyclic) bond motifs is 1. The number of ether oxygens (including phenoxy) is 1. The number of benzene rings is 2. The lowest BCUT2D eigenvalue weighted by molar-refractivity contribution is 0.273. The first-order valence-corrected chi connectivity index (χ1v) is 9.50. The van der Waals surface area contributed by atoms with Crippen molar-refractivity contribution in [3.8, 4) is 5.75 Å². The van der Waals surface area contributed by atoms with E-state index in [2.05, 4.69) is 28.1 Å². The molecule has 0 heterocycles. The van der Waals surface area contributed by atoms with Gasteiger partial charge >= 0.3 is 0 Å². The van der Waals surface area contributed by atoms with Crippen LogP contribution in [0.1, 0.15) is 17.0 Å². The van der Waals surface area contributed by atoms with Gasteiger partial charge in [-0.3, -0.25) is 0 Å². The van der Waals surface area contributed by atoms with E-state index in [9.17, 15) is 8.42 Å². The lowest BCUT2D eigenvalue weighted by Crippen LogP contribution is -2.23. The molecule has 110 valence electrons. The van der Waals surface area contributed by atoms with E-state index in [1.54, 1.807) is 6.07 Å². The average Bonchev–Trinajstić information content (AvgIpc) is 2.40. The molecule has 6 heteroatoms. The maximum absolute atomic E-state index is 11.3. The molecule has 0 fully saturated rings. The number of rotatable bonds is 4. The van der Waals surface area contributed by atoms with Gasteiger partial charge in [0, 0.05) is 16.6 Å². The van der Waals surface area contributed by atoms with Gasteiger partial charge in [-0.25, -0.2) is 8.42 Å². The highest BCUT2D eigenvalue weighted by Crippen LogP contribution is 2.36. The van der Waals surface area contributed by atoms with Crippen molar-refractivity contribution >= 4 is 35.7 Å². The molecule has 0 saturated heterocycles. The third-order valence-electron chi connectivity index (χ3n) is 3.59. The molecule has 2 aromatic rings. The molecule has 0 N–H and O–H groups in total. The van der Waals surface area contributed by atoms with Gasteiger partial charge in [0.15, 0.2) is 0 Å². The van der Waals surface area contributed by atoms with E-state index in [4.69, 9.17) is 15.4 Å². The summed E-state index contributed by atoms with van der Waals surface area (Å²) in [6.45, 7) is 0.572. The zero-order chi connectivity index (χ0) is 15.0. The van der Waals surface area contributed by atoms with Gasteiger partial charge in [-0.05, 0) is 51.7 Å². The molecule has 21 heavy (non-hydrogen) atoms. The summed E-state index contributed by atoms with van der Waals surface area (Å²) < 4.78 is 28.9. The fraction of sp³-hybridized carbons (Fsp3) is 0.200. The van der Waals surface area contributed by atoms with Crippen molar-refractivity contribution in [3.63, 3.8) is 0 Å². The van der Waals surface area contributed by atoms with E-state index >= 15 is 0 Å². The quantitative estimate of drug-likeness (QED) is 0.742. The summed E-state index contributed by atoms with van der Waals surface area (Å²) >= 11 is 3.31. The second kappa shape index (κ2) is 5.63. The molecular formula is C15H12BrClO3S. The van der Waals surface area contributed by atoms with Crippen molar-refractivity contribution in [1.82, 2.24) is 0 Å². The Balaban J connectivity index is 1.70. The van der Waals surface area contributed by atoms with E-state index in [1.165, 1.54) is 23.3 Å². The first-order valence-electron chi connectivity index (χ1n) is 6.40. The van der Waals surface area contributed by atoms with Crippen LogP contribution in [0.15, 0.2) is 51.8 Å². The van der Waals surface area contributed by atoms with Crippen LogP contribution in [0.4, 0.5) is 0 Å². The first kappa shape index (κ1) is 14.9. The van der Waals surface area contributed by atoms with Gasteiger partial charge in [-0.2, -0.15) is 0 Å². The van der Waals surface area contributed by atoms with E-state index in [1.807, 2.05) is 12.1 Å².